The Labute approximate surface area is 109 Å². The van der Waals surface area contributed by atoms with Crippen LogP contribution in [-0.2, 0) is 0 Å². The van der Waals surface area contributed by atoms with Gasteiger partial charge in [0.1, 0.15) is 0 Å². The van der Waals surface area contributed by atoms with E-state index in [0.717, 1.165) is 0 Å². The first-order valence-electron chi connectivity index (χ1n) is 5.10. The number of benzene rings is 1. The van der Waals surface area contributed by atoms with Crippen LogP contribution in [-0.4, -0.2) is 35.5 Å². The molecule has 1 rings (SSSR count). The molecule has 0 saturated carbocycles. The standard InChI is InChI=1S/C10H13NO4.CH2O3/c1-7(11(12)13)8-4-5-9(14-2)10(6-8)15-3;2-1(3)4/h4-7H,1-3H3;(H2,2,3,4). The maximum Gasteiger partial charge on any atom is 0.503 e. The SMILES string of the molecule is COc1ccc(C(C)[N+](=O)[O-])cc1OC.O=C(O)O. The molecule has 1 aromatic rings. The number of carboxylic acid groups (broad SMARTS) is 2. The van der Waals surface area contributed by atoms with Crippen LogP contribution in [0.5, 0.6) is 11.5 Å². The number of nitrogens with zero attached hydrogens (tertiary/aromatic N) is 1. The fourth-order valence-electron chi connectivity index (χ4n) is 1.23. The van der Waals surface area contributed by atoms with Crippen molar-refractivity contribution in [2.45, 2.75) is 13.0 Å². The summed E-state index contributed by atoms with van der Waals surface area (Å²) >= 11 is 0. The first-order chi connectivity index (χ1) is 8.83. The second kappa shape index (κ2) is 7.75. The molecular weight excluding hydrogens is 258 g/mol. The minimum atomic E-state index is -1.83. The average molecular weight is 273 g/mol. The Morgan fingerprint density at radius 3 is 2.11 bits per heavy atom. The predicted molar refractivity (Wildman–Crippen MR) is 65.6 cm³/mol. The molecule has 1 atom stereocenters. The molecule has 0 spiro atoms. The van der Waals surface area contributed by atoms with Gasteiger partial charge < -0.3 is 19.7 Å². The summed E-state index contributed by atoms with van der Waals surface area (Å²) in [5, 5.41) is 24.5. The van der Waals surface area contributed by atoms with Crippen molar-refractivity contribution >= 4 is 6.16 Å². The molecular formula is C11H15NO7. The van der Waals surface area contributed by atoms with Crippen LogP contribution in [0.25, 0.3) is 0 Å². The molecule has 106 valence electrons. The quantitative estimate of drug-likeness (QED) is 0.637. The van der Waals surface area contributed by atoms with E-state index in [4.69, 9.17) is 24.5 Å². The van der Waals surface area contributed by atoms with E-state index in [1.807, 2.05) is 0 Å². The van der Waals surface area contributed by atoms with E-state index < -0.39 is 12.2 Å². The maximum absolute atomic E-state index is 10.6. The third kappa shape index (κ3) is 5.57. The van der Waals surface area contributed by atoms with Crippen molar-refractivity contribution in [2.24, 2.45) is 0 Å². The monoisotopic (exact) mass is 273 g/mol. The fourth-order valence-corrected chi connectivity index (χ4v) is 1.23. The molecule has 0 aromatic heterocycles. The molecule has 0 aliphatic rings. The van der Waals surface area contributed by atoms with E-state index in [9.17, 15) is 10.1 Å². The summed E-state index contributed by atoms with van der Waals surface area (Å²) in [5.41, 5.74) is 0.595. The Morgan fingerprint density at radius 1 is 1.26 bits per heavy atom. The smallest absolute Gasteiger partial charge is 0.493 e. The molecule has 8 heteroatoms. The Hall–Kier alpha value is -2.51. The van der Waals surface area contributed by atoms with Crippen molar-refractivity contribution < 1.29 is 29.4 Å². The van der Waals surface area contributed by atoms with Crippen LogP contribution in [0.2, 0.25) is 0 Å². The van der Waals surface area contributed by atoms with Crippen LogP contribution in [0, 0.1) is 10.1 Å². The predicted octanol–water partition coefficient (Wildman–Crippen LogP) is 2.26. The van der Waals surface area contributed by atoms with E-state index in [0.29, 0.717) is 17.1 Å². The van der Waals surface area contributed by atoms with E-state index in [-0.39, 0.29) is 4.92 Å². The van der Waals surface area contributed by atoms with Crippen LogP contribution in [0.3, 0.4) is 0 Å². The number of rotatable bonds is 4. The van der Waals surface area contributed by atoms with Gasteiger partial charge in [0.2, 0.25) is 6.04 Å². The van der Waals surface area contributed by atoms with Crippen molar-refractivity contribution in [3.8, 4) is 11.5 Å². The highest BCUT2D eigenvalue weighted by atomic mass is 16.6. The summed E-state index contributed by atoms with van der Waals surface area (Å²) in [6.45, 7) is 1.53. The summed E-state index contributed by atoms with van der Waals surface area (Å²) in [4.78, 5) is 18.8. The van der Waals surface area contributed by atoms with Crippen molar-refractivity contribution in [3.63, 3.8) is 0 Å². The topological polar surface area (TPSA) is 119 Å². The van der Waals surface area contributed by atoms with Crippen molar-refractivity contribution in [1.29, 1.82) is 0 Å². The molecule has 0 aliphatic heterocycles. The lowest BCUT2D eigenvalue weighted by Crippen LogP contribution is -2.06. The molecule has 0 bridgehead atoms. The summed E-state index contributed by atoms with van der Waals surface area (Å²) in [7, 11) is 3.02. The summed E-state index contributed by atoms with van der Waals surface area (Å²) < 4.78 is 10.1. The third-order valence-corrected chi connectivity index (χ3v) is 2.21. The lowest BCUT2D eigenvalue weighted by molar-refractivity contribution is -0.524. The highest BCUT2D eigenvalue weighted by molar-refractivity contribution is 5.53. The lowest BCUT2D eigenvalue weighted by atomic mass is 10.1. The molecule has 0 aliphatic carbocycles. The number of nitro groups is 1. The highest BCUT2D eigenvalue weighted by Crippen LogP contribution is 2.30. The van der Waals surface area contributed by atoms with E-state index in [1.54, 1.807) is 18.2 Å². The molecule has 0 amide bonds. The van der Waals surface area contributed by atoms with Crippen molar-refractivity contribution in [1.82, 2.24) is 0 Å². The first kappa shape index (κ1) is 16.5. The number of methoxy groups -OCH3 is 2. The second-order valence-corrected chi connectivity index (χ2v) is 3.36. The number of carbonyl (C=O) groups is 1. The van der Waals surface area contributed by atoms with Crippen LogP contribution >= 0.6 is 0 Å². The van der Waals surface area contributed by atoms with Crippen LogP contribution < -0.4 is 9.47 Å². The van der Waals surface area contributed by atoms with Crippen LogP contribution in [0.1, 0.15) is 18.5 Å². The summed E-state index contributed by atoms with van der Waals surface area (Å²) in [6, 6.07) is 4.19. The molecule has 1 unspecified atom stereocenters. The molecule has 19 heavy (non-hydrogen) atoms. The fraction of sp³-hybridized carbons (Fsp3) is 0.364. The van der Waals surface area contributed by atoms with E-state index >= 15 is 0 Å². The molecule has 1 aromatic carbocycles. The van der Waals surface area contributed by atoms with Gasteiger partial charge in [0, 0.05) is 17.4 Å². The third-order valence-electron chi connectivity index (χ3n) is 2.21. The maximum atomic E-state index is 10.6. The van der Waals surface area contributed by atoms with Gasteiger partial charge in [-0.05, 0) is 18.2 Å². The second-order valence-electron chi connectivity index (χ2n) is 3.36. The van der Waals surface area contributed by atoms with Gasteiger partial charge in [-0.15, -0.1) is 0 Å². The zero-order valence-corrected chi connectivity index (χ0v) is 10.7. The minimum Gasteiger partial charge on any atom is -0.493 e. The van der Waals surface area contributed by atoms with Gasteiger partial charge in [-0.1, -0.05) is 0 Å². The van der Waals surface area contributed by atoms with Crippen molar-refractivity contribution in [3.05, 3.63) is 33.9 Å². The average Bonchev–Trinajstić information content (AvgIpc) is 2.36. The molecule has 0 heterocycles. The van der Waals surface area contributed by atoms with Crippen LogP contribution in [0.4, 0.5) is 4.79 Å². The number of hydrogen-bond donors (Lipinski definition) is 2. The van der Waals surface area contributed by atoms with Crippen molar-refractivity contribution in [2.75, 3.05) is 14.2 Å². The Kier molecular flexibility index (Phi) is 6.72. The zero-order valence-electron chi connectivity index (χ0n) is 10.7. The zero-order chi connectivity index (χ0) is 15.0. The largest absolute Gasteiger partial charge is 0.503 e. The number of hydrogen-bond acceptors (Lipinski definition) is 5. The summed E-state index contributed by atoms with van der Waals surface area (Å²) in [5.74, 6) is 1.07. The Bertz CT molecular complexity index is 443. The van der Waals surface area contributed by atoms with Gasteiger partial charge >= 0.3 is 6.16 Å². The first-order valence-corrected chi connectivity index (χ1v) is 5.10. The molecule has 8 nitrogen and oxygen atoms in total. The van der Waals surface area contributed by atoms with Gasteiger partial charge in [-0.25, -0.2) is 4.79 Å². The Morgan fingerprint density at radius 2 is 1.74 bits per heavy atom. The summed E-state index contributed by atoms with van der Waals surface area (Å²) in [6.07, 6.45) is -1.83. The van der Waals surface area contributed by atoms with Gasteiger partial charge in [0.25, 0.3) is 0 Å². The minimum absolute atomic E-state index is 0.346. The normalized spacial score (nSPS) is 10.7. The molecule has 0 fully saturated rings. The van der Waals surface area contributed by atoms with Crippen LogP contribution in [0.15, 0.2) is 18.2 Å². The van der Waals surface area contributed by atoms with Gasteiger partial charge in [0.15, 0.2) is 11.5 Å². The molecule has 0 saturated heterocycles. The molecule has 0 radical (unpaired) electrons. The molecule has 2 N–H and O–H groups in total. The van der Waals surface area contributed by atoms with Gasteiger partial charge in [-0.3, -0.25) is 10.1 Å². The van der Waals surface area contributed by atoms with E-state index in [2.05, 4.69) is 0 Å². The number of ether oxygens (including phenoxy) is 2. The lowest BCUT2D eigenvalue weighted by Gasteiger charge is -2.10. The van der Waals surface area contributed by atoms with Gasteiger partial charge in [0.05, 0.1) is 14.2 Å². The highest BCUT2D eigenvalue weighted by Gasteiger charge is 2.17. The Balaban J connectivity index is 0.000000711. The van der Waals surface area contributed by atoms with Gasteiger partial charge in [-0.2, -0.15) is 0 Å². The van der Waals surface area contributed by atoms with E-state index in [1.165, 1.54) is 21.1 Å².